The summed E-state index contributed by atoms with van der Waals surface area (Å²) in [7, 11) is 1.60. The first-order chi connectivity index (χ1) is 29.1. The molecule has 0 atom stereocenters. The molecule has 59 heavy (non-hydrogen) atoms. The maximum absolute atomic E-state index is 12.8. The number of aromatic carboxylic acids is 1. The summed E-state index contributed by atoms with van der Waals surface area (Å²) in [4.78, 5) is 44.0. The molecule has 0 unspecified atom stereocenters. The van der Waals surface area contributed by atoms with Crippen LogP contribution < -0.4 is 4.74 Å². The molecule has 2 aliphatic heterocycles. The van der Waals surface area contributed by atoms with Gasteiger partial charge in [-0.05, 0) is 84.5 Å². The van der Waals surface area contributed by atoms with Crippen LogP contribution in [0.1, 0.15) is 33.1 Å². The fraction of sp³-hybridized carbons (Fsp3) is 0.106. The maximum Gasteiger partial charge on any atom is 0.339 e. The summed E-state index contributed by atoms with van der Waals surface area (Å²) >= 11 is 0. The standard InChI is InChI=1S/C47H37N7O5/c1-57-21-22-58-23-24-59-42-17-8-29(25-33(42)47(55)56)43-34-9-11-36(51-34)44(30-5-2-18-48-26-30)38-13-15-40(53-38)46(32-7-4-20-50-28-32)41-16-14-39(54-41)45(31-6-3-19-49-27-31)37-12-10-35(43)52-37/h2-20,25-28,51,54H,21-24H2,1H3,(H,55,56). The van der Waals surface area contributed by atoms with E-state index in [1.54, 1.807) is 37.8 Å². The third kappa shape index (κ3) is 7.53. The lowest BCUT2D eigenvalue weighted by Crippen LogP contribution is -2.11. The van der Waals surface area contributed by atoms with E-state index < -0.39 is 5.97 Å². The quantitative estimate of drug-likeness (QED) is 0.102. The summed E-state index contributed by atoms with van der Waals surface area (Å²) in [6, 6.07) is 25.0. The number of fused-ring (bicyclic) bond motifs is 8. The number of aromatic nitrogens is 7. The van der Waals surface area contributed by atoms with Crippen molar-refractivity contribution in [2.45, 2.75) is 0 Å². The van der Waals surface area contributed by atoms with Crippen LogP contribution in [-0.2, 0) is 9.47 Å². The summed E-state index contributed by atoms with van der Waals surface area (Å²) in [6.45, 7) is 1.32. The number of rotatable bonds is 12. The van der Waals surface area contributed by atoms with E-state index >= 15 is 0 Å². The minimum absolute atomic E-state index is 0.0101. The van der Waals surface area contributed by atoms with Crippen molar-refractivity contribution in [3.63, 3.8) is 0 Å². The van der Waals surface area contributed by atoms with Gasteiger partial charge in [0.15, 0.2) is 0 Å². The van der Waals surface area contributed by atoms with Crippen LogP contribution in [0.3, 0.4) is 0 Å². The Morgan fingerprint density at radius 3 is 1.41 bits per heavy atom. The molecule has 0 radical (unpaired) electrons. The van der Waals surface area contributed by atoms with Crippen molar-refractivity contribution in [2.75, 3.05) is 33.5 Å². The molecule has 9 rings (SSSR count). The van der Waals surface area contributed by atoms with Crippen LogP contribution >= 0.6 is 0 Å². The molecule has 290 valence electrons. The zero-order valence-electron chi connectivity index (χ0n) is 31.9. The number of nitrogens with zero attached hydrogens (tertiary/aromatic N) is 5. The third-order valence-electron chi connectivity index (χ3n) is 10.0. The van der Waals surface area contributed by atoms with Crippen LogP contribution in [0.4, 0.5) is 0 Å². The molecule has 0 saturated carbocycles. The predicted octanol–water partition coefficient (Wildman–Crippen LogP) is 9.25. The Bertz CT molecular complexity index is 2870. The van der Waals surface area contributed by atoms with Gasteiger partial charge in [-0.3, -0.25) is 15.0 Å². The molecule has 0 spiro atoms. The molecule has 6 aromatic heterocycles. The number of nitrogens with one attached hydrogen (secondary N) is 2. The second-order valence-electron chi connectivity index (χ2n) is 13.7. The van der Waals surface area contributed by atoms with Gasteiger partial charge in [-0.15, -0.1) is 0 Å². The van der Waals surface area contributed by atoms with Crippen LogP contribution in [0.25, 0.3) is 90.9 Å². The zero-order chi connectivity index (χ0) is 40.1. The van der Waals surface area contributed by atoms with Crippen molar-refractivity contribution in [3.05, 3.63) is 144 Å². The molecule has 8 bridgehead atoms. The molecule has 3 N–H and O–H groups in total. The minimum Gasteiger partial charge on any atom is -0.490 e. The van der Waals surface area contributed by atoms with E-state index in [1.807, 2.05) is 110 Å². The number of hydrogen-bond donors (Lipinski definition) is 3. The highest BCUT2D eigenvalue weighted by molar-refractivity contribution is 6.00. The number of H-pyrrole nitrogens is 2. The number of methoxy groups -OCH3 is 1. The highest BCUT2D eigenvalue weighted by atomic mass is 16.5. The van der Waals surface area contributed by atoms with E-state index in [2.05, 4.69) is 24.9 Å². The number of pyridine rings is 3. The van der Waals surface area contributed by atoms with Gasteiger partial charge in [0.2, 0.25) is 0 Å². The van der Waals surface area contributed by atoms with Crippen LogP contribution in [0.15, 0.2) is 116 Å². The normalized spacial score (nSPS) is 11.9. The Morgan fingerprint density at radius 2 is 1.00 bits per heavy atom. The molecule has 12 heteroatoms. The molecular weight excluding hydrogens is 743 g/mol. The van der Waals surface area contributed by atoms with Crippen molar-refractivity contribution in [1.29, 1.82) is 0 Å². The van der Waals surface area contributed by atoms with E-state index in [0.717, 1.165) is 61.3 Å². The first-order valence-corrected chi connectivity index (χ1v) is 19.0. The lowest BCUT2D eigenvalue weighted by Gasteiger charge is -2.12. The van der Waals surface area contributed by atoms with Crippen molar-refractivity contribution < 1.29 is 24.1 Å². The number of aromatic amines is 2. The SMILES string of the molecule is COCCOCCOc1ccc(-c2c3nc(c(-c4cccnc4)c4ccc([nH]4)c(-c4cccnc4)c4nc(c(-c5cccnc5)c5ccc2[nH]5)C=C4)C=C3)cc1C(=O)O. The summed E-state index contributed by atoms with van der Waals surface area (Å²) in [5, 5.41) is 10.4. The van der Waals surface area contributed by atoms with E-state index in [9.17, 15) is 9.90 Å². The summed E-state index contributed by atoms with van der Waals surface area (Å²) in [5.41, 5.74) is 12.5. The van der Waals surface area contributed by atoms with Gasteiger partial charge < -0.3 is 29.3 Å². The smallest absolute Gasteiger partial charge is 0.339 e. The number of carbonyl (C=O) groups is 1. The number of carboxylic acids is 1. The molecule has 0 fully saturated rings. The molecule has 7 aromatic rings. The Balaban J connectivity index is 1.35. The lowest BCUT2D eigenvalue weighted by atomic mass is 10.0. The highest BCUT2D eigenvalue weighted by Crippen LogP contribution is 2.39. The van der Waals surface area contributed by atoms with Crippen molar-refractivity contribution in [1.82, 2.24) is 34.9 Å². The van der Waals surface area contributed by atoms with Gasteiger partial charge in [0.1, 0.15) is 17.9 Å². The third-order valence-corrected chi connectivity index (χ3v) is 10.0. The largest absolute Gasteiger partial charge is 0.490 e. The van der Waals surface area contributed by atoms with E-state index in [1.165, 1.54) is 0 Å². The van der Waals surface area contributed by atoms with Crippen LogP contribution in [-0.4, -0.2) is 79.5 Å². The van der Waals surface area contributed by atoms with Gasteiger partial charge in [-0.2, -0.15) is 0 Å². The number of hydrogen-bond acceptors (Lipinski definition) is 9. The van der Waals surface area contributed by atoms with Crippen LogP contribution in [0.2, 0.25) is 0 Å². The molecule has 0 amide bonds. The van der Waals surface area contributed by atoms with Gasteiger partial charge in [0.05, 0.1) is 42.6 Å². The van der Waals surface area contributed by atoms with E-state index in [4.69, 9.17) is 24.2 Å². The topological polar surface area (TPSA) is 161 Å². The highest BCUT2D eigenvalue weighted by Gasteiger charge is 2.21. The van der Waals surface area contributed by atoms with E-state index in [-0.39, 0.29) is 24.5 Å². The average molecular weight is 780 g/mol. The monoisotopic (exact) mass is 779 g/mol. The number of benzene rings is 1. The number of carboxylic acid groups (broad SMARTS) is 1. The molecule has 2 aliphatic rings. The predicted molar refractivity (Wildman–Crippen MR) is 229 cm³/mol. The van der Waals surface area contributed by atoms with Gasteiger partial charge >= 0.3 is 5.97 Å². The number of ether oxygens (including phenoxy) is 3. The van der Waals surface area contributed by atoms with Gasteiger partial charge in [-0.25, -0.2) is 14.8 Å². The molecule has 12 nitrogen and oxygen atoms in total. The van der Waals surface area contributed by atoms with Gasteiger partial charge in [-0.1, -0.05) is 24.3 Å². The maximum atomic E-state index is 12.8. The minimum atomic E-state index is -1.12. The molecule has 0 aliphatic carbocycles. The molecule has 8 heterocycles. The summed E-state index contributed by atoms with van der Waals surface area (Å²) in [6.07, 6.45) is 18.7. The van der Waals surface area contributed by atoms with Crippen molar-refractivity contribution >= 4 is 52.3 Å². The van der Waals surface area contributed by atoms with Gasteiger partial charge in [0, 0.05) is 105 Å². The van der Waals surface area contributed by atoms with Gasteiger partial charge in [0.25, 0.3) is 0 Å². The Morgan fingerprint density at radius 1 is 0.559 bits per heavy atom. The average Bonchev–Trinajstić information content (AvgIpc) is 4.12. The van der Waals surface area contributed by atoms with Crippen LogP contribution in [0.5, 0.6) is 5.75 Å². The first kappa shape index (κ1) is 37.1. The molecular formula is C47H37N7O5. The Kier molecular flexibility index (Phi) is 10.4. The van der Waals surface area contributed by atoms with Crippen LogP contribution in [0, 0.1) is 0 Å². The summed E-state index contributed by atoms with van der Waals surface area (Å²) in [5.74, 6) is -0.891. The van der Waals surface area contributed by atoms with Crippen molar-refractivity contribution in [3.8, 4) is 50.3 Å². The second kappa shape index (κ2) is 16.5. The zero-order valence-corrected chi connectivity index (χ0v) is 31.9. The fourth-order valence-corrected chi connectivity index (χ4v) is 7.39. The second-order valence-corrected chi connectivity index (χ2v) is 13.7. The fourth-order valence-electron chi connectivity index (χ4n) is 7.39. The summed E-state index contributed by atoms with van der Waals surface area (Å²) < 4.78 is 16.5. The van der Waals surface area contributed by atoms with Crippen molar-refractivity contribution in [2.24, 2.45) is 0 Å². The Labute approximate surface area is 338 Å². The lowest BCUT2D eigenvalue weighted by molar-refractivity contribution is 0.0535. The first-order valence-electron chi connectivity index (χ1n) is 19.0. The molecule has 0 saturated heterocycles. The molecule has 1 aromatic carbocycles. The Hall–Kier alpha value is -7.54. The van der Waals surface area contributed by atoms with E-state index in [0.29, 0.717) is 41.2 Å².